The van der Waals surface area contributed by atoms with Crippen molar-refractivity contribution in [1.29, 1.82) is 0 Å². The normalized spacial score (nSPS) is 10.5. The van der Waals surface area contributed by atoms with Crippen LogP contribution in [0.4, 0.5) is 5.69 Å². The molecule has 0 unspecified atom stereocenters. The Bertz CT molecular complexity index is 969. The highest BCUT2D eigenvalue weighted by atomic mass is 16.6. The molecule has 0 saturated heterocycles. The lowest BCUT2D eigenvalue weighted by Crippen LogP contribution is -2.24. The van der Waals surface area contributed by atoms with Gasteiger partial charge in [0.15, 0.2) is 0 Å². The van der Waals surface area contributed by atoms with Gasteiger partial charge < -0.3 is 14.6 Å². The molecule has 0 aliphatic rings. The number of aryl methyl sites for hydroxylation is 1. The lowest BCUT2D eigenvalue weighted by atomic mass is 10.1. The summed E-state index contributed by atoms with van der Waals surface area (Å²) >= 11 is 0. The molecule has 3 rings (SSSR count). The monoisotopic (exact) mass is 394 g/mol. The molecule has 0 saturated carbocycles. The molecule has 0 atom stereocenters. The van der Waals surface area contributed by atoms with Crippen LogP contribution in [-0.2, 0) is 0 Å². The molecular weight excluding hydrogens is 372 g/mol. The van der Waals surface area contributed by atoms with E-state index in [4.69, 9.17) is 4.74 Å². The molecule has 0 aliphatic heterocycles. The van der Waals surface area contributed by atoms with Gasteiger partial charge in [-0.15, -0.1) is 0 Å². The Hall–Kier alpha value is -3.68. The van der Waals surface area contributed by atoms with Crippen LogP contribution in [0.25, 0.3) is 5.69 Å². The van der Waals surface area contributed by atoms with Gasteiger partial charge in [-0.05, 0) is 44.0 Å². The minimum atomic E-state index is -0.505. The van der Waals surface area contributed by atoms with Gasteiger partial charge in [0.25, 0.3) is 11.6 Å². The fourth-order valence-corrected chi connectivity index (χ4v) is 2.79. The number of nitro benzene ring substituents is 1. The maximum atomic E-state index is 12.3. The van der Waals surface area contributed by atoms with Gasteiger partial charge in [-0.1, -0.05) is 17.7 Å². The second-order valence-electron chi connectivity index (χ2n) is 6.56. The second kappa shape index (κ2) is 9.50. The third-order valence-corrected chi connectivity index (χ3v) is 4.36. The number of hydrogen-bond donors (Lipinski definition) is 1. The van der Waals surface area contributed by atoms with Crippen molar-refractivity contribution < 1.29 is 14.5 Å². The summed E-state index contributed by atoms with van der Waals surface area (Å²) in [6.07, 6.45) is 6.15. The first-order valence-corrected chi connectivity index (χ1v) is 9.29. The highest BCUT2D eigenvalue weighted by molar-refractivity contribution is 5.95. The molecule has 1 heterocycles. The first-order valence-electron chi connectivity index (χ1n) is 9.29. The zero-order valence-corrected chi connectivity index (χ0v) is 16.1. The Morgan fingerprint density at radius 3 is 2.69 bits per heavy atom. The zero-order valence-electron chi connectivity index (χ0n) is 16.1. The standard InChI is InChI=1S/C21H22N4O4/c1-16-4-7-18(8-5-16)29-13-3-2-10-23-21(26)17-6-9-19(20(14-17)25(27)28)24-12-11-22-15-24/h4-9,11-12,14-15H,2-3,10,13H2,1H3,(H,23,26). The highest BCUT2D eigenvalue weighted by Crippen LogP contribution is 2.24. The maximum Gasteiger partial charge on any atom is 0.294 e. The van der Waals surface area contributed by atoms with Gasteiger partial charge in [-0.3, -0.25) is 14.9 Å². The number of benzene rings is 2. The van der Waals surface area contributed by atoms with E-state index in [1.54, 1.807) is 18.3 Å². The Balaban J connectivity index is 1.48. The van der Waals surface area contributed by atoms with Gasteiger partial charge in [-0.25, -0.2) is 4.98 Å². The summed E-state index contributed by atoms with van der Waals surface area (Å²) in [6.45, 7) is 3.05. The summed E-state index contributed by atoms with van der Waals surface area (Å²) < 4.78 is 7.18. The van der Waals surface area contributed by atoms with Crippen molar-refractivity contribution in [2.24, 2.45) is 0 Å². The number of nitrogens with one attached hydrogen (secondary N) is 1. The average molecular weight is 394 g/mol. The lowest BCUT2D eigenvalue weighted by molar-refractivity contribution is -0.384. The summed E-state index contributed by atoms with van der Waals surface area (Å²) in [6, 6.07) is 12.2. The molecule has 8 nitrogen and oxygen atoms in total. The highest BCUT2D eigenvalue weighted by Gasteiger charge is 2.18. The number of carbonyl (C=O) groups excluding carboxylic acids is 1. The quantitative estimate of drug-likeness (QED) is 0.339. The smallest absolute Gasteiger partial charge is 0.294 e. The molecule has 150 valence electrons. The maximum absolute atomic E-state index is 12.3. The van der Waals surface area contributed by atoms with Crippen LogP contribution in [0.2, 0.25) is 0 Å². The third kappa shape index (κ3) is 5.41. The Labute approximate surface area is 168 Å². The number of aromatic nitrogens is 2. The van der Waals surface area contributed by atoms with E-state index >= 15 is 0 Å². The van der Waals surface area contributed by atoms with Crippen molar-refractivity contribution in [3.05, 3.63) is 82.4 Å². The van der Waals surface area contributed by atoms with Crippen molar-refractivity contribution in [1.82, 2.24) is 14.9 Å². The third-order valence-electron chi connectivity index (χ3n) is 4.36. The summed E-state index contributed by atoms with van der Waals surface area (Å²) in [5, 5.41) is 14.2. The fourth-order valence-electron chi connectivity index (χ4n) is 2.79. The molecule has 1 aromatic heterocycles. The molecule has 0 radical (unpaired) electrons. The van der Waals surface area contributed by atoms with E-state index in [-0.39, 0.29) is 17.2 Å². The van der Waals surface area contributed by atoms with Gasteiger partial charge in [0, 0.05) is 30.6 Å². The van der Waals surface area contributed by atoms with E-state index < -0.39 is 4.92 Å². The van der Waals surface area contributed by atoms with Crippen LogP contribution in [-0.4, -0.2) is 33.5 Å². The molecule has 0 aliphatic carbocycles. The molecule has 0 spiro atoms. The van der Waals surface area contributed by atoms with Crippen molar-refractivity contribution in [3.8, 4) is 11.4 Å². The molecule has 8 heteroatoms. The summed E-state index contributed by atoms with van der Waals surface area (Å²) in [5.41, 5.74) is 1.63. The van der Waals surface area contributed by atoms with Crippen LogP contribution >= 0.6 is 0 Å². The van der Waals surface area contributed by atoms with Crippen molar-refractivity contribution in [2.75, 3.05) is 13.2 Å². The molecule has 1 amide bonds. The Kier molecular flexibility index (Phi) is 6.57. The number of nitro groups is 1. The minimum absolute atomic E-state index is 0.151. The van der Waals surface area contributed by atoms with E-state index in [2.05, 4.69) is 10.3 Å². The summed E-state index contributed by atoms with van der Waals surface area (Å²) in [7, 11) is 0. The van der Waals surface area contributed by atoms with E-state index in [1.165, 1.54) is 28.7 Å². The summed E-state index contributed by atoms with van der Waals surface area (Å²) in [4.78, 5) is 27.1. The minimum Gasteiger partial charge on any atom is -0.494 e. The predicted molar refractivity (Wildman–Crippen MR) is 108 cm³/mol. The molecule has 0 fully saturated rings. The number of imidazole rings is 1. The molecule has 29 heavy (non-hydrogen) atoms. The van der Waals surface area contributed by atoms with Crippen molar-refractivity contribution in [3.63, 3.8) is 0 Å². The van der Waals surface area contributed by atoms with Gasteiger partial charge in [0.05, 0.1) is 17.9 Å². The lowest BCUT2D eigenvalue weighted by Gasteiger charge is -2.09. The van der Waals surface area contributed by atoms with Crippen molar-refractivity contribution in [2.45, 2.75) is 19.8 Å². The van der Waals surface area contributed by atoms with Crippen LogP contribution in [0.1, 0.15) is 28.8 Å². The number of nitrogens with zero attached hydrogens (tertiary/aromatic N) is 3. The van der Waals surface area contributed by atoms with Crippen LogP contribution in [0.5, 0.6) is 5.75 Å². The topological polar surface area (TPSA) is 99.3 Å². The van der Waals surface area contributed by atoms with E-state index in [0.717, 1.165) is 18.6 Å². The van der Waals surface area contributed by atoms with Gasteiger partial charge in [-0.2, -0.15) is 0 Å². The average Bonchev–Trinajstić information content (AvgIpc) is 3.26. The summed E-state index contributed by atoms with van der Waals surface area (Å²) in [5.74, 6) is 0.481. The van der Waals surface area contributed by atoms with Gasteiger partial charge in [0.1, 0.15) is 11.4 Å². The Morgan fingerprint density at radius 1 is 1.21 bits per heavy atom. The number of rotatable bonds is 9. The van der Waals surface area contributed by atoms with E-state index in [1.807, 2.05) is 31.2 Å². The van der Waals surface area contributed by atoms with E-state index in [9.17, 15) is 14.9 Å². The molecule has 1 N–H and O–H groups in total. The van der Waals surface area contributed by atoms with Crippen LogP contribution in [0.15, 0.2) is 61.2 Å². The number of ether oxygens (including phenoxy) is 1. The molecule has 0 bridgehead atoms. The molecular formula is C21H22N4O4. The molecule has 2 aromatic carbocycles. The Morgan fingerprint density at radius 2 is 2.00 bits per heavy atom. The van der Waals surface area contributed by atoms with Crippen LogP contribution < -0.4 is 10.1 Å². The fraction of sp³-hybridized carbons (Fsp3) is 0.238. The van der Waals surface area contributed by atoms with E-state index in [0.29, 0.717) is 18.8 Å². The number of unbranched alkanes of at least 4 members (excludes halogenated alkanes) is 1. The van der Waals surface area contributed by atoms with Gasteiger partial charge >= 0.3 is 0 Å². The number of hydrogen-bond acceptors (Lipinski definition) is 5. The SMILES string of the molecule is Cc1ccc(OCCCCNC(=O)c2ccc(-n3ccnc3)c([N+](=O)[O-])c2)cc1. The predicted octanol–water partition coefficient (Wildman–Crippen LogP) is 3.68. The first kappa shape index (κ1) is 20.1. The second-order valence-corrected chi connectivity index (χ2v) is 6.56. The van der Waals surface area contributed by atoms with Crippen LogP contribution in [0.3, 0.4) is 0 Å². The zero-order chi connectivity index (χ0) is 20.6. The van der Waals surface area contributed by atoms with Crippen molar-refractivity contribution >= 4 is 11.6 Å². The van der Waals surface area contributed by atoms with Crippen LogP contribution in [0, 0.1) is 17.0 Å². The van der Waals surface area contributed by atoms with Gasteiger partial charge in [0.2, 0.25) is 0 Å². The molecule has 3 aromatic rings. The number of amides is 1. The largest absolute Gasteiger partial charge is 0.494 e. The number of carbonyl (C=O) groups is 1. The first-order chi connectivity index (χ1) is 14.0.